The normalized spacial score (nSPS) is 34.0. The largest absolute Gasteiger partial charge is 0.455 e. The van der Waals surface area contributed by atoms with Gasteiger partial charge in [0.25, 0.3) is 0 Å². The Morgan fingerprint density at radius 2 is 1.96 bits per heavy atom. The molecule has 0 saturated carbocycles. The highest BCUT2D eigenvalue weighted by atomic mass is 32.2. The average molecular weight is 397 g/mol. The van der Waals surface area contributed by atoms with Crippen molar-refractivity contribution in [2.45, 2.75) is 63.8 Å². The van der Waals surface area contributed by atoms with Crippen molar-refractivity contribution in [3.63, 3.8) is 0 Å². The van der Waals surface area contributed by atoms with Crippen LogP contribution in [0, 0.1) is 5.41 Å². The molecular formula is C20H28O6S. The number of esters is 1. The molecule has 0 aliphatic carbocycles. The summed E-state index contributed by atoms with van der Waals surface area (Å²) in [5.41, 5.74) is -0.254. The minimum Gasteiger partial charge on any atom is -0.455 e. The lowest BCUT2D eigenvalue weighted by Crippen LogP contribution is -2.62. The first-order valence-electron chi connectivity index (χ1n) is 9.29. The van der Waals surface area contributed by atoms with E-state index in [1.807, 2.05) is 37.3 Å². The second-order valence-electron chi connectivity index (χ2n) is 7.79. The summed E-state index contributed by atoms with van der Waals surface area (Å²) in [5, 5.41) is 11.0. The van der Waals surface area contributed by atoms with Crippen LogP contribution in [0.15, 0.2) is 30.3 Å². The molecule has 1 N–H and O–H groups in total. The molecule has 0 spiro atoms. The third kappa shape index (κ3) is 4.66. The molecule has 6 nitrogen and oxygen atoms in total. The molecule has 2 aliphatic rings. The Morgan fingerprint density at radius 3 is 2.59 bits per heavy atom. The van der Waals surface area contributed by atoms with Crippen molar-refractivity contribution in [2.75, 3.05) is 12.4 Å². The maximum Gasteiger partial charge on any atom is 0.311 e. The quantitative estimate of drug-likeness (QED) is 0.785. The number of benzene rings is 1. The van der Waals surface area contributed by atoms with Crippen LogP contribution in [-0.2, 0) is 23.7 Å². The molecule has 6 atom stereocenters. The maximum absolute atomic E-state index is 12.4. The first kappa shape index (κ1) is 20.6. The van der Waals surface area contributed by atoms with Crippen molar-refractivity contribution in [3.8, 4) is 0 Å². The molecule has 0 amide bonds. The number of carbonyl (C=O) groups is 1. The van der Waals surface area contributed by atoms with Crippen LogP contribution in [0.25, 0.3) is 0 Å². The summed E-state index contributed by atoms with van der Waals surface area (Å²) in [5.74, 6) is 0.397. The monoisotopic (exact) mass is 396 g/mol. The van der Waals surface area contributed by atoms with E-state index in [9.17, 15) is 9.90 Å². The molecule has 27 heavy (non-hydrogen) atoms. The molecular weight excluding hydrogens is 368 g/mol. The van der Waals surface area contributed by atoms with Crippen LogP contribution in [0.4, 0.5) is 0 Å². The molecule has 1 aromatic rings. The summed E-state index contributed by atoms with van der Waals surface area (Å²) >= 11 is 1.50. The van der Waals surface area contributed by atoms with Gasteiger partial charge in [0, 0.05) is 5.56 Å². The van der Waals surface area contributed by atoms with Gasteiger partial charge in [-0.05, 0) is 26.5 Å². The summed E-state index contributed by atoms with van der Waals surface area (Å²) in [6.45, 7) is 7.65. The van der Waals surface area contributed by atoms with Crippen molar-refractivity contribution < 1.29 is 28.8 Å². The van der Waals surface area contributed by atoms with E-state index in [0.717, 1.165) is 11.3 Å². The first-order valence-corrected chi connectivity index (χ1v) is 10.3. The third-order valence-corrected chi connectivity index (χ3v) is 5.61. The fraction of sp³-hybridized carbons (Fsp3) is 0.650. The van der Waals surface area contributed by atoms with Gasteiger partial charge in [-0.3, -0.25) is 4.79 Å². The molecule has 0 aromatic heterocycles. The number of carbonyl (C=O) groups excluding carboxylic acids is 1. The van der Waals surface area contributed by atoms with Gasteiger partial charge in [-0.2, -0.15) is 0 Å². The van der Waals surface area contributed by atoms with Gasteiger partial charge in [0.2, 0.25) is 0 Å². The SMILES string of the molecule is CCS[C@H]1O[C@@H]2COC(c3ccccc3)O[C@H]2[C@H](O)[C@H]1OC(=O)C(C)(C)C. The second-order valence-corrected chi connectivity index (χ2v) is 9.16. The highest BCUT2D eigenvalue weighted by Crippen LogP contribution is 2.38. The van der Waals surface area contributed by atoms with Crippen molar-refractivity contribution in [3.05, 3.63) is 35.9 Å². The predicted molar refractivity (Wildman–Crippen MR) is 102 cm³/mol. The van der Waals surface area contributed by atoms with Crippen LogP contribution in [-0.4, -0.2) is 53.3 Å². The lowest BCUT2D eigenvalue weighted by Gasteiger charge is -2.47. The Bertz CT molecular complexity index is 631. The number of aliphatic hydroxyl groups excluding tert-OH is 1. The van der Waals surface area contributed by atoms with Crippen LogP contribution in [0.2, 0.25) is 0 Å². The standard InChI is InChI=1S/C20H28O6S/c1-5-27-18-16(26-19(22)20(2,3)4)14(21)15-13(24-18)11-23-17(25-15)12-9-7-6-8-10-12/h6-10,13-18,21H,5,11H2,1-4H3/t13-,14+,15-,16-,17?,18-/m1/s1. The molecule has 2 heterocycles. The van der Waals surface area contributed by atoms with E-state index in [0.29, 0.717) is 6.61 Å². The van der Waals surface area contributed by atoms with E-state index in [-0.39, 0.29) is 5.97 Å². The van der Waals surface area contributed by atoms with Crippen molar-refractivity contribution in [1.29, 1.82) is 0 Å². The molecule has 0 bridgehead atoms. The van der Waals surface area contributed by atoms with Crippen LogP contribution in [0.5, 0.6) is 0 Å². The van der Waals surface area contributed by atoms with Gasteiger partial charge < -0.3 is 24.1 Å². The molecule has 1 unspecified atom stereocenters. The lowest BCUT2D eigenvalue weighted by atomic mass is 9.95. The highest BCUT2D eigenvalue weighted by Gasteiger charge is 2.51. The van der Waals surface area contributed by atoms with Gasteiger partial charge in [-0.1, -0.05) is 37.3 Å². The summed E-state index contributed by atoms with van der Waals surface area (Å²) in [7, 11) is 0. The molecule has 2 fully saturated rings. The summed E-state index contributed by atoms with van der Waals surface area (Å²) in [4.78, 5) is 12.4. The fourth-order valence-corrected chi connectivity index (χ4v) is 4.03. The van der Waals surface area contributed by atoms with Gasteiger partial charge in [-0.15, -0.1) is 11.8 Å². The minimum atomic E-state index is -0.991. The Kier molecular flexibility index (Phi) is 6.48. The van der Waals surface area contributed by atoms with Gasteiger partial charge >= 0.3 is 5.97 Å². The van der Waals surface area contributed by atoms with E-state index in [1.165, 1.54) is 11.8 Å². The van der Waals surface area contributed by atoms with Crippen LogP contribution >= 0.6 is 11.8 Å². The lowest BCUT2D eigenvalue weighted by molar-refractivity contribution is -0.320. The first-order chi connectivity index (χ1) is 12.8. The Labute approximate surface area is 164 Å². The number of rotatable bonds is 4. The zero-order valence-corrected chi connectivity index (χ0v) is 17.0. The third-order valence-electron chi connectivity index (χ3n) is 4.57. The van der Waals surface area contributed by atoms with Gasteiger partial charge in [-0.25, -0.2) is 0 Å². The minimum absolute atomic E-state index is 0.308. The van der Waals surface area contributed by atoms with E-state index in [4.69, 9.17) is 18.9 Å². The molecule has 1 aromatic carbocycles. The Hall–Kier alpha value is -1.12. The van der Waals surface area contributed by atoms with Crippen molar-refractivity contribution >= 4 is 17.7 Å². The van der Waals surface area contributed by atoms with Crippen LogP contribution in [0.1, 0.15) is 39.5 Å². The number of ether oxygens (including phenoxy) is 4. The molecule has 150 valence electrons. The zero-order chi connectivity index (χ0) is 19.6. The molecule has 0 radical (unpaired) electrons. The number of hydrogen-bond acceptors (Lipinski definition) is 7. The second kappa shape index (κ2) is 8.49. The fourth-order valence-electron chi connectivity index (χ4n) is 3.07. The topological polar surface area (TPSA) is 74.2 Å². The number of thioether (sulfide) groups is 1. The number of hydrogen-bond donors (Lipinski definition) is 1. The average Bonchev–Trinajstić information content (AvgIpc) is 2.64. The van der Waals surface area contributed by atoms with Crippen LogP contribution < -0.4 is 0 Å². The maximum atomic E-state index is 12.4. The summed E-state index contributed by atoms with van der Waals surface area (Å²) < 4.78 is 23.6. The molecule has 3 rings (SSSR count). The zero-order valence-electron chi connectivity index (χ0n) is 16.2. The molecule has 2 aliphatic heterocycles. The predicted octanol–water partition coefficient (Wildman–Crippen LogP) is 2.90. The highest BCUT2D eigenvalue weighted by molar-refractivity contribution is 7.99. The van der Waals surface area contributed by atoms with E-state index in [1.54, 1.807) is 20.8 Å². The summed E-state index contributed by atoms with van der Waals surface area (Å²) in [6, 6.07) is 9.55. The summed E-state index contributed by atoms with van der Waals surface area (Å²) in [6.07, 6.45) is -3.41. The Balaban J connectivity index is 1.77. The number of aliphatic hydroxyl groups is 1. The van der Waals surface area contributed by atoms with Crippen molar-refractivity contribution in [1.82, 2.24) is 0 Å². The van der Waals surface area contributed by atoms with E-state index < -0.39 is 41.6 Å². The van der Waals surface area contributed by atoms with E-state index in [2.05, 4.69) is 0 Å². The molecule has 7 heteroatoms. The molecule has 2 saturated heterocycles. The Morgan fingerprint density at radius 1 is 1.26 bits per heavy atom. The van der Waals surface area contributed by atoms with Crippen LogP contribution in [0.3, 0.4) is 0 Å². The van der Waals surface area contributed by atoms with Gasteiger partial charge in [0.05, 0.1) is 12.0 Å². The number of fused-ring (bicyclic) bond motifs is 1. The van der Waals surface area contributed by atoms with Gasteiger partial charge in [0.1, 0.15) is 23.7 Å². The van der Waals surface area contributed by atoms with E-state index >= 15 is 0 Å². The van der Waals surface area contributed by atoms with Gasteiger partial charge in [0.15, 0.2) is 12.4 Å². The van der Waals surface area contributed by atoms with Crippen molar-refractivity contribution in [2.24, 2.45) is 5.41 Å². The smallest absolute Gasteiger partial charge is 0.311 e.